The van der Waals surface area contributed by atoms with Crippen molar-refractivity contribution in [3.05, 3.63) is 29.8 Å². The third-order valence-corrected chi connectivity index (χ3v) is 6.40. The molecule has 0 fully saturated rings. The molecule has 1 N–H and O–H groups in total. The Morgan fingerprint density at radius 1 is 1.42 bits per heavy atom. The second-order valence-electron chi connectivity index (χ2n) is 4.99. The highest BCUT2D eigenvalue weighted by molar-refractivity contribution is 7.99. The number of nitrogens with one attached hydrogen (secondary N) is 1. The highest BCUT2D eigenvalue weighted by Crippen LogP contribution is 2.35. The van der Waals surface area contributed by atoms with E-state index in [1.54, 1.807) is 6.92 Å². The fourth-order valence-corrected chi connectivity index (χ4v) is 4.62. The summed E-state index contributed by atoms with van der Waals surface area (Å²) in [5.41, 5.74) is 1.31. The molecule has 19 heavy (non-hydrogen) atoms. The fourth-order valence-electron chi connectivity index (χ4n) is 2.41. The third kappa shape index (κ3) is 3.97. The van der Waals surface area contributed by atoms with E-state index >= 15 is 0 Å². The Labute approximate surface area is 120 Å². The van der Waals surface area contributed by atoms with Gasteiger partial charge < -0.3 is 5.32 Å². The minimum atomic E-state index is -2.91. The normalized spacial score (nSPS) is 20.8. The lowest BCUT2D eigenvalue weighted by Gasteiger charge is -2.28. The maximum Gasteiger partial charge on any atom is 0.151 e. The van der Waals surface area contributed by atoms with Crippen LogP contribution in [-0.4, -0.2) is 31.7 Å². The van der Waals surface area contributed by atoms with E-state index in [9.17, 15) is 8.42 Å². The van der Waals surface area contributed by atoms with E-state index in [1.165, 1.54) is 10.5 Å². The Kier molecular flexibility index (Phi) is 4.92. The Morgan fingerprint density at radius 2 is 2.16 bits per heavy atom. The average molecular weight is 299 g/mol. The monoisotopic (exact) mass is 299 g/mol. The van der Waals surface area contributed by atoms with Gasteiger partial charge >= 0.3 is 0 Å². The number of fused-ring (bicyclic) bond motifs is 1. The van der Waals surface area contributed by atoms with Crippen LogP contribution >= 0.6 is 11.8 Å². The van der Waals surface area contributed by atoms with E-state index in [2.05, 4.69) is 23.5 Å². The van der Waals surface area contributed by atoms with E-state index in [1.807, 2.05) is 24.8 Å². The maximum absolute atomic E-state index is 11.7. The summed E-state index contributed by atoms with van der Waals surface area (Å²) in [6.45, 7) is 3.66. The van der Waals surface area contributed by atoms with Crippen molar-refractivity contribution in [3.63, 3.8) is 0 Å². The van der Waals surface area contributed by atoms with Crippen molar-refractivity contribution in [1.82, 2.24) is 5.32 Å². The number of hydrogen-bond acceptors (Lipinski definition) is 4. The highest BCUT2D eigenvalue weighted by Gasteiger charge is 2.23. The third-order valence-electron chi connectivity index (χ3n) is 3.39. The van der Waals surface area contributed by atoms with Gasteiger partial charge in [-0.25, -0.2) is 8.42 Å². The van der Waals surface area contributed by atoms with Gasteiger partial charge in [0.05, 0.1) is 5.75 Å². The first-order valence-corrected chi connectivity index (χ1v) is 9.50. The van der Waals surface area contributed by atoms with Crippen molar-refractivity contribution in [2.45, 2.75) is 37.2 Å². The fraction of sp³-hybridized carbons (Fsp3) is 0.571. The molecule has 1 aliphatic heterocycles. The minimum absolute atomic E-state index is 0.00824. The average Bonchev–Trinajstić information content (AvgIpc) is 2.38. The molecule has 2 rings (SSSR count). The maximum atomic E-state index is 11.7. The predicted octanol–water partition coefficient (Wildman–Crippen LogP) is 2.64. The smallest absolute Gasteiger partial charge is 0.151 e. The van der Waals surface area contributed by atoms with Crippen LogP contribution in [0.1, 0.15) is 31.9 Å². The van der Waals surface area contributed by atoms with Crippen molar-refractivity contribution in [3.8, 4) is 0 Å². The molecule has 1 heterocycles. The lowest BCUT2D eigenvalue weighted by molar-refractivity contribution is 0.457. The summed E-state index contributed by atoms with van der Waals surface area (Å²) in [6, 6.07) is 8.65. The van der Waals surface area contributed by atoms with Gasteiger partial charge in [-0.2, -0.15) is 0 Å². The van der Waals surface area contributed by atoms with Crippen LogP contribution in [0.3, 0.4) is 0 Å². The Bertz CT molecular complexity index is 528. The van der Waals surface area contributed by atoms with E-state index in [-0.39, 0.29) is 23.6 Å². The second kappa shape index (κ2) is 6.29. The summed E-state index contributed by atoms with van der Waals surface area (Å²) in [4.78, 5) is 1.32. The number of thioether (sulfide) groups is 1. The van der Waals surface area contributed by atoms with E-state index in [4.69, 9.17) is 0 Å². The molecular formula is C14H21NO2S2. The number of rotatable bonds is 5. The van der Waals surface area contributed by atoms with Gasteiger partial charge in [-0.1, -0.05) is 25.1 Å². The van der Waals surface area contributed by atoms with Crippen molar-refractivity contribution in [2.75, 3.05) is 17.3 Å². The van der Waals surface area contributed by atoms with Gasteiger partial charge in [0.25, 0.3) is 0 Å². The SMILES string of the molecule is CCS(=O)(=O)CC(C)NC1CCSc2ccccc21. The molecule has 0 saturated heterocycles. The molecule has 0 saturated carbocycles. The molecule has 2 unspecified atom stereocenters. The summed E-state index contributed by atoms with van der Waals surface area (Å²) < 4.78 is 23.3. The summed E-state index contributed by atoms with van der Waals surface area (Å²) in [6.07, 6.45) is 1.05. The van der Waals surface area contributed by atoms with E-state index in [0.29, 0.717) is 0 Å². The van der Waals surface area contributed by atoms with Crippen LogP contribution in [0.15, 0.2) is 29.2 Å². The van der Waals surface area contributed by atoms with E-state index < -0.39 is 9.84 Å². The first-order chi connectivity index (χ1) is 9.02. The van der Waals surface area contributed by atoms with Crippen LogP contribution in [0.4, 0.5) is 0 Å². The van der Waals surface area contributed by atoms with Crippen molar-refractivity contribution in [1.29, 1.82) is 0 Å². The highest BCUT2D eigenvalue weighted by atomic mass is 32.2. The molecule has 2 atom stereocenters. The van der Waals surface area contributed by atoms with Crippen LogP contribution in [0, 0.1) is 0 Å². The number of sulfone groups is 1. The van der Waals surface area contributed by atoms with Crippen LogP contribution < -0.4 is 5.32 Å². The van der Waals surface area contributed by atoms with Gasteiger partial charge in [-0.3, -0.25) is 0 Å². The van der Waals surface area contributed by atoms with Crippen LogP contribution in [0.25, 0.3) is 0 Å². The molecule has 0 amide bonds. The van der Waals surface area contributed by atoms with Gasteiger partial charge in [0.2, 0.25) is 0 Å². The standard InChI is InChI=1S/C14H21NO2S2/c1-3-19(16,17)10-11(2)15-13-8-9-18-14-7-5-4-6-12(13)14/h4-7,11,13,15H,3,8-10H2,1-2H3. The van der Waals surface area contributed by atoms with Crippen molar-refractivity contribution in [2.24, 2.45) is 0 Å². The molecule has 0 aromatic heterocycles. The summed E-state index contributed by atoms with van der Waals surface area (Å²) in [7, 11) is -2.91. The van der Waals surface area contributed by atoms with Crippen molar-refractivity contribution >= 4 is 21.6 Å². The molecule has 106 valence electrons. The van der Waals surface area contributed by atoms with Crippen LogP contribution in [-0.2, 0) is 9.84 Å². The van der Waals surface area contributed by atoms with Gasteiger partial charge in [0, 0.05) is 22.7 Å². The molecule has 0 aliphatic carbocycles. The molecule has 0 spiro atoms. The quantitative estimate of drug-likeness (QED) is 0.908. The lowest BCUT2D eigenvalue weighted by Crippen LogP contribution is -2.37. The van der Waals surface area contributed by atoms with Gasteiger partial charge in [-0.15, -0.1) is 11.8 Å². The summed E-state index contributed by atoms with van der Waals surface area (Å²) in [5, 5.41) is 3.47. The first-order valence-electron chi connectivity index (χ1n) is 6.70. The molecule has 0 bridgehead atoms. The zero-order chi connectivity index (χ0) is 13.9. The van der Waals surface area contributed by atoms with E-state index in [0.717, 1.165) is 12.2 Å². The molecule has 1 aromatic carbocycles. The molecule has 3 nitrogen and oxygen atoms in total. The minimum Gasteiger partial charge on any atom is -0.306 e. The molecule has 5 heteroatoms. The predicted molar refractivity (Wildman–Crippen MR) is 81.4 cm³/mol. The van der Waals surface area contributed by atoms with Gasteiger partial charge in [0.1, 0.15) is 0 Å². The van der Waals surface area contributed by atoms with Crippen LogP contribution in [0.2, 0.25) is 0 Å². The Hall–Kier alpha value is -0.520. The second-order valence-corrected chi connectivity index (χ2v) is 8.53. The zero-order valence-corrected chi connectivity index (χ0v) is 13.1. The van der Waals surface area contributed by atoms with Gasteiger partial charge in [0.15, 0.2) is 9.84 Å². The molecule has 1 aliphatic rings. The summed E-state index contributed by atoms with van der Waals surface area (Å²) in [5.74, 6) is 1.52. The van der Waals surface area contributed by atoms with Gasteiger partial charge in [-0.05, 0) is 30.7 Å². The first kappa shape index (κ1) is 14.9. The molecular weight excluding hydrogens is 278 g/mol. The van der Waals surface area contributed by atoms with Crippen molar-refractivity contribution < 1.29 is 8.42 Å². The summed E-state index contributed by atoms with van der Waals surface area (Å²) >= 11 is 1.88. The Balaban J connectivity index is 2.05. The van der Waals surface area contributed by atoms with Crippen LogP contribution in [0.5, 0.6) is 0 Å². The topological polar surface area (TPSA) is 46.2 Å². The Morgan fingerprint density at radius 3 is 2.89 bits per heavy atom. The number of benzene rings is 1. The largest absolute Gasteiger partial charge is 0.306 e. The molecule has 1 aromatic rings. The zero-order valence-electron chi connectivity index (χ0n) is 11.4. The lowest BCUT2D eigenvalue weighted by atomic mass is 10.0. The number of hydrogen-bond donors (Lipinski definition) is 1. The molecule has 0 radical (unpaired) electrons.